The Hall–Kier alpha value is -1.62. The van der Waals surface area contributed by atoms with Gasteiger partial charge in [-0.3, -0.25) is 0 Å². The van der Waals surface area contributed by atoms with Gasteiger partial charge in [0.05, 0.1) is 5.56 Å². The molecule has 0 spiro atoms. The van der Waals surface area contributed by atoms with Crippen LogP contribution in [0.2, 0.25) is 0 Å². The quantitative estimate of drug-likeness (QED) is 0.601. The van der Waals surface area contributed by atoms with Crippen molar-refractivity contribution in [3.8, 4) is 0 Å². The minimum Gasteiger partial charge on any atom is -0.478 e. The Morgan fingerprint density at radius 1 is 1.24 bits per heavy atom. The third-order valence-corrected chi connectivity index (χ3v) is 2.40. The van der Waals surface area contributed by atoms with Gasteiger partial charge in [0.25, 0.3) is 0 Å². The van der Waals surface area contributed by atoms with E-state index in [2.05, 4.69) is 10.3 Å². The van der Waals surface area contributed by atoms with Crippen LogP contribution in [0.15, 0.2) is 18.3 Å². The average Bonchev–Trinajstić information content (AvgIpc) is 2.34. The molecular formula is C12H18N2O3. The summed E-state index contributed by atoms with van der Waals surface area (Å²) in [5, 5.41) is 20.4. The van der Waals surface area contributed by atoms with E-state index in [1.54, 1.807) is 6.07 Å². The minimum absolute atomic E-state index is 0.193. The highest BCUT2D eigenvalue weighted by Crippen LogP contribution is 2.06. The summed E-state index contributed by atoms with van der Waals surface area (Å²) >= 11 is 0. The first-order valence-electron chi connectivity index (χ1n) is 5.78. The molecule has 0 aliphatic carbocycles. The summed E-state index contributed by atoms with van der Waals surface area (Å²) in [7, 11) is 0. The number of aromatic carboxylic acids is 1. The van der Waals surface area contributed by atoms with Gasteiger partial charge in [-0.2, -0.15) is 0 Å². The molecule has 94 valence electrons. The molecule has 0 saturated carbocycles. The standard InChI is InChI=1S/C12H18N2O3/c15-8-4-2-1-3-7-13-11-6-5-10(9-14-11)12(16)17/h5-6,9,15H,1-4,7-8H2,(H,13,14)(H,16,17). The number of anilines is 1. The van der Waals surface area contributed by atoms with Gasteiger partial charge in [-0.25, -0.2) is 9.78 Å². The number of nitrogens with zero attached hydrogens (tertiary/aromatic N) is 1. The number of carboxylic acid groups (broad SMARTS) is 1. The van der Waals surface area contributed by atoms with Crippen LogP contribution in [0.1, 0.15) is 36.0 Å². The highest BCUT2D eigenvalue weighted by atomic mass is 16.4. The summed E-state index contributed by atoms with van der Waals surface area (Å²) in [6.45, 7) is 1.07. The summed E-state index contributed by atoms with van der Waals surface area (Å²) in [6, 6.07) is 3.20. The van der Waals surface area contributed by atoms with E-state index >= 15 is 0 Å². The van der Waals surface area contributed by atoms with Crippen LogP contribution in [0.3, 0.4) is 0 Å². The van der Waals surface area contributed by atoms with Gasteiger partial charge >= 0.3 is 5.97 Å². The van der Waals surface area contributed by atoms with Crippen molar-refractivity contribution in [2.75, 3.05) is 18.5 Å². The number of rotatable bonds is 8. The first kappa shape index (κ1) is 13.4. The first-order valence-corrected chi connectivity index (χ1v) is 5.78. The number of aliphatic hydroxyl groups excluding tert-OH is 1. The number of carbonyl (C=O) groups is 1. The molecule has 0 saturated heterocycles. The SMILES string of the molecule is O=C(O)c1ccc(NCCCCCCO)nc1. The maximum absolute atomic E-state index is 10.6. The van der Waals surface area contributed by atoms with Crippen molar-refractivity contribution in [1.82, 2.24) is 4.98 Å². The largest absolute Gasteiger partial charge is 0.478 e. The zero-order chi connectivity index (χ0) is 12.5. The molecule has 0 fully saturated rings. The van der Waals surface area contributed by atoms with Gasteiger partial charge in [-0.15, -0.1) is 0 Å². The van der Waals surface area contributed by atoms with Gasteiger partial charge in [0.1, 0.15) is 5.82 Å². The lowest BCUT2D eigenvalue weighted by molar-refractivity contribution is 0.0696. The van der Waals surface area contributed by atoms with Gasteiger partial charge in [0.2, 0.25) is 0 Å². The number of hydrogen-bond acceptors (Lipinski definition) is 4. The van der Waals surface area contributed by atoms with Crippen LogP contribution in [-0.2, 0) is 0 Å². The topological polar surface area (TPSA) is 82.5 Å². The van der Waals surface area contributed by atoms with Gasteiger partial charge < -0.3 is 15.5 Å². The Kier molecular flexibility index (Phi) is 6.03. The third-order valence-electron chi connectivity index (χ3n) is 2.40. The number of unbranched alkanes of at least 4 members (excludes halogenated alkanes) is 3. The number of nitrogens with one attached hydrogen (secondary N) is 1. The summed E-state index contributed by atoms with van der Waals surface area (Å²) in [6.07, 6.45) is 5.31. The highest BCUT2D eigenvalue weighted by molar-refractivity contribution is 5.87. The molecule has 3 N–H and O–H groups in total. The zero-order valence-electron chi connectivity index (χ0n) is 9.72. The second-order valence-corrected chi connectivity index (χ2v) is 3.80. The van der Waals surface area contributed by atoms with E-state index in [0.29, 0.717) is 5.82 Å². The van der Waals surface area contributed by atoms with Gasteiger partial charge in [0, 0.05) is 19.3 Å². The Morgan fingerprint density at radius 2 is 2.00 bits per heavy atom. The predicted octanol–water partition coefficient (Wildman–Crippen LogP) is 1.74. The normalized spacial score (nSPS) is 10.2. The van der Waals surface area contributed by atoms with Crippen molar-refractivity contribution in [2.45, 2.75) is 25.7 Å². The fourth-order valence-electron chi connectivity index (χ4n) is 1.43. The summed E-state index contributed by atoms with van der Waals surface area (Å²) in [4.78, 5) is 14.6. The Bertz CT molecular complexity index is 338. The number of aliphatic hydroxyl groups is 1. The summed E-state index contributed by atoms with van der Waals surface area (Å²) in [5.74, 6) is -0.273. The van der Waals surface area contributed by atoms with Crippen molar-refractivity contribution < 1.29 is 15.0 Å². The monoisotopic (exact) mass is 238 g/mol. The van der Waals surface area contributed by atoms with Gasteiger partial charge in [0.15, 0.2) is 0 Å². The average molecular weight is 238 g/mol. The van der Waals surface area contributed by atoms with E-state index in [0.717, 1.165) is 32.2 Å². The molecule has 17 heavy (non-hydrogen) atoms. The highest BCUT2D eigenvalue weighted by Gasteiger charge is 2.02. The fourth-order valence-corrected chi connectivity index (χ4v) is 1.43. The lowest BCUT2D eigenvalue weighted by Gasteiger charge is -2.05. The molecule has 0 bridgehead atoms. The van der Waals surface area contributed by atoms with E-state index in [9.17, 15) is 4.79 Å². The molecule has 0 aliphatic heterocycles. The van der Waals surface area contributed by atoms with Crippen molar-refractivity contribution in [3.05, 3.63) is 23.9 Å². The zero-order valence-corrected chi connectivity index (χ0v) is 9.72. The van der Waals surface area contributed by atoms with E-state index in [-0.39, 0.29) is 12.2 Å². The van der Waals surface area contributed by atoms with Crippen LogP contribution in [-0.4, -0.2) is 34.3 Å². The van der Waals surface area contributed by atoms with Crippen LogP contribution < -0.4 is 5.32 Å². The Morgan fingerprint density at radius 3 is 2.59 bits per heavy atom. The second kappa shape index (κ2) is 7.62. The maximum Gasteiger partial charge on any atom is 0.337 e. The smallest absolute Gasteiger partial charge is 0.337 e. The van der Waals surface area contributed by atoms with Crippen LogP contribution in [0.5, 0.6) is 0 Å². The lowest BCUT2D eigenvalue weighted by atomic mass is 10.2. The molecule has 0 unspecified atom stereocenters. The number of hydrogen-bond donors (Lipinski definition) is 3. The minimum atomic E-state index is -0.965. The van der Waals surface area contributed by atoms with E-state index < -0.39 is 5.97 Å². The Labute approximate surface area is 101 Å². The molecule has 5 nitrogen and oxygen atoms in total. The molecule has 1 heterocycles. The van der Waals surface area contributed by atoms with Crippen LogP contribution in [0.4, 0.5) is 5.82 Å². The van der Waals surface area contributed by atoms with Crippen molar-refractivity contribution >= 4 is 11.8 Å². The lowest BCUT2D eigenvalue weighted by Crippen LogP contribution is -2.04. The van der Waals surface area contributed by atoms with Crippen LogP contribution in [0.25, 0.3) is 0 Å². The summed E-state index contributed by atoms with van der Waals surface area (Å²) in [5.41, 5.74) is 0.193. The molecule has 1 aromatic heterocycles. The first-order chi connectivity index (χ1) is 8.24. The third kappa shape index (κ3) is 5.31. The number of carboxylic acids is 1. The van der Waals surface area contributed by atoms with E-state index in [1.807, 2.05) is 0 Å². The van der Waals surface area contributed by atoms with Crippen molar-refractivity contribution in [3.63, 3.8) is 0 Å². The molecule has 0 radical (unpaired) electrons. The molecule has 0 aromatic carbocycles. The van der Waals surface area contributed by atoms with E-state index in [4.69, 9.17) is 10.2 Å². The molecule has 1 rings (SSSR count). The van der Waals surface area contributed by atoms with Crippen LogP contribution in [0, 0.1) is 0 Å². The van der Waals surface area contributed by atoms with E-state index in [1.165, 1.54) is 12.3 Å². The molecule has 5 heteroatoms. The maximum atomic E-state index is 10.6. The van der Waals surface area contributed by atoms with Crippen molar-refractivity contribution in [1.29, 1.82) is 0 Å². The second-order valence-electron chi connectivity index (χ2n) is 3.80. The molecule has 0 atom stereocenters. The molecule has 0 aliphatic rings. The van der Waals surface area contributed by atoms with Crippen LogP contribution >= 0.6 is 0 Å². The van der Waals surface area contributed by atoms with Gasteiger partial charge in [-0.1, -0.05) is 12.8 Å². The predicted molar refractivity (Wildman–Crippen MR) is 65.2 cm³/mol. The Balaban J connectivity index is 2.21. The summed E-state index contributed by atoms with van der Waals surface area (Å²) < 4.78 is 0. The number of aromatic nitrogens is 1. The number of pyridine rings is 1. The fraction of sp³-hybridized carbons (Fsp3) is 0.500. The molecular weight excluding hydrogens is 220 g/mol. The molecule has 1 aromatic rings. The molecule has 0 amide bonds. The van der Waals surface area contributed by atoms with Crippen molar-refractivity contribution in [2.24, 2.45) is 0 Å². The van der Waals surface area contributed by atoms with Gasteiger partial charge in [-0.05, 0) is 25.0 Å².